The van der Waals surface area contributed by atoms with Gasteiger partial charge in [-0.3, -0.25) is 4.79 Å². The Hall–Kier alpha value is -1.06. The van der Waals surface area contributed by atoms with Crippen LogP contribution in [0.5, 0.6) is 0 Å². The number of benzene rings is 1. The molecule has 0 fully saturated rings. The van der Waals surface area contributed by atoms with Gasteiger partial charge in [0.1, 0.15) is 4.84 Å². The molecule has 0 aliphatic carbocycles. The standard InChI is InChI=1S/C10H10Cl2N2O/c1-7-2-4-8(5-3-7)10(15)14-13-6-9(11)12/h2-6,9H,1H3,(H,14,15)/b13-6+. The van der Waals surface area contributed by atoms with Gasteiger partial charge < -0.3 is 0 Å². The largest absolute Gasteiger partial charge is 0.271 e. The molecule has 0 saturated carbocycles. The van der Waals surface area contributed by atoms with E-state index in [2.05, 4.69) is 10.5 Å². The number of hydrogen-bond acceptors (Lipinski definition) is 2. The summed E-state index contributed by atoms with van der Waals surface area (Å²) in [6.07, 6.45) is 1.23. The van der Waals surface area contributed by atoms with Crippen molar-refractivity contribution in [2.45, 2.75) is 11.8 Å². The van der Waals surface area contributed by atoms with Gasteiger partial charge in [0.25, 0.3) is 5.91 Å². The third-order valence-electron chi connectivity index (χ3n) is 1.67. The fourth-order valence-electron chi connectivity index (χ4n) is 0.922. The summed E-state index contributed by atoms with van der Waals surface area (Å²) in [6, 6.07) is 7.15. The van der Waals surface area contributed by atoms with E-state index in [0.717, 1.165) is 5.56 Å². The average molecular weight is 245 g/mol. The van der Waals surface area contributed by atoms with Crippen LogP contribution in [0.2, 0.25) is 0 Å². The Kier molecular flexibility index (Phi) is 4.59. The summed E-state index contributed by atoms with van der Waals surface area (Å²) in [5.74, 6) is -0.291. The minimum atomic E-state index is -0.719. The Balaban J connectivity index is 2.58. The Bertz CT molecular complexity index is 360. The average Bonchev–Trinajstić information content (AvgIpc) is 2.18. The van der Waals surface area contributed by atoms with E-state index in [-0.39, 0.29) is 5.91 Å². The number of aryl methyl sites for hydroxylation is 1. The molecule has 0 spiro atoms. The molecule has 0 radical (unpaired) electrons. The van der Waals surface area contributed by atoms with Crippen molar-refractivity contribution in [3.8, 4) is 0 Å². The number of amides is 1. The lowest BCUT2D eigenvalue weighted by Gasteiger charge is -1.99. The van der Waals surface area contributed by atoms with Crippen LogP contribution in [0.4, 0.5) is 0 Å². The molecule has 3 nitrogen and oxygen atoms in total. The van der Waals surface area contributed by atoms with E-state index in [0.29, 0.717) is 5.56 Å². The predicted molar refractivity (Wildman–Crippen MR) is 62.6 cm³/mol. The lowest BCUT2D eigenvalue weighted by molar-refractivity contribution is 0.0955. The molecule has 1 aromatic carbocycles. The first-order valence-corrected chi connectivity index (χ1v) is 5.15. The third-order valence-corrected chi connectivity index (χ3v) is 1.89. The molecule has 0 saturated heterocycles. The van der Waals surface area contributed by atoms with Crippen molar-refractivity contribution in [2.75, 3.05) is 0 Å². The number of alkyl halides is 2. The predicted octanol–water partition coefficient (Wildman–Crippen LogP) is 2.51. The maximum absolute atomic E-state index is 11.4. The summed E-state index contributed by atoms with van der Waals surface area (Å²) in [5, 5.41) is 3.58. The van der Waals surface area contributed by atoms with E-state index < -0.39 is 4.84 Å². The zero-order valence-corrected chi connectivity index (χ0v) is 9.59. The fourth-order valence-corrected chi connectivity index (χ4v) is 1.03. The van der Waals surface area contributed by atoms with Crippen LogP contribution in [0.3, 0.4) is 0 Å². The molecule has 15 heavy (non-hydrogen) atoms. The molecular weight excluding hydrogens is 235 g/mol. The first kappa shape index (κ1) is 12.0. The van der Waals surface area contributed by atoms with Gasteiger partial charge in [0.2, 0.25) is 0 Å². The Morgan fingerprint density at radius 3 is 2.53 bits per heavy atom. The molecule has 0 aromatic heterocycles. The van der Waals surface area contributed by atoms with Gasteiger partial charge >= 0.3 is 0 Å². The van der Waals surface area contributed by atoms with Gasteiger partial charge in [-0.15, -0.1) is 0 Å². The highest BCUT2D eigenvalue weighted by molar-refractivity contribution is 6.51. The SMILES string of the molecule is Cc1ccc(C(=O)N/N=C/C(Cl)Cl)cc1. The minimum absolute atomic E-state index is 0.291. The Labute approximate surface area is 98.1 Å². The van der Waals surface area contributed by atoms with E-state index in [1.165, 1.54) is 6.21 Å². The van der Waals surface area contributed by atoms with Gasteiger partial charge in [-0.2, -0.15) is 5.10 Å². The fraction of sp³-hybridized carbons (Fsp3) is 0.200. The van der Waals surface area contributed by atoms with Crippen molar-refractivity contribution in [3.63, 3.8) is 0 Å². The van der Waals surface area contributed by atoms with Gasteiger partial charge in [0, 0.05) is 5.56 Å². The van der Waals surface area contributed by atoms with Gasteiger partial charge in [0.15, 0.2) is 0 Å². The van der Waals surface area contributed by atoms with Crippen LogP contribution in [-0.2, 0) is 0 Å². The molecule has 1 N–H and O–H groups in total. The van der Waals surface area contributed by atoms with E-state index in [4.69, 9.17) is 23.2 Å². The highest BCUT2D eigenvalue weighted by atomic mass is 35.5. The summed E-state index contributed by atoms with van der Waals surface area (Å²) >= 11 is 10.8. The van der Waals surface area contributed by atoms with Crippen molar-refractivity contribution < 1.29 is 4.79 Å². The van der Waals surface area contributed by atoms with Crippen molar-refractivity contribution >= 4 is 35.3 Å². The van der Waals surface area contributed by atoms with Crippen molar-refractivity contribution in [1.82, 2.24) is 5.43 Å². The van der Waals surface area contributed by atoms with Crippen LogP contribution < -0.4 is 5.43 Å². The quantitative estimate of drug-likeness (QED) is 0.496. The van der Waals surface area contributed by atoms with Gasteiger partial charge in [-0.1, -0.05) is 40.9 Å². The molecule has 0 aliphatic heterocycles. The summed E-state index contributed by atoms with van der Waals surface area (Å²) in [7, 11) is 0. The van der Waals surface area contributed by atoms with Crippen LogP contribution >= 0.6 is 23.2 Å². The zero-order chi connectivity index (χ0) is 11.3. The van der Waals surface area contributed by atoms with E-state index in [1.807, 2.05) is 19.1 Å². The first-order chi connectivity index (χ1) is 7.09. The van der Waals surface area contributed by atoms with E-state index in [1.54, 1.807) is 12.1 Å². The molecule has 5 heteroatoms. The number of hydrazone groups is 1. The summed E-state index contributed by atoms with van der Waals surface area (Å²) in [6.45, 7) is 1.95. The van der Waals surface area contributed by atoms with Crippen molar-refractivity contribution in [3.05, 3.63) is 35.4 Å². The zero-order valence-electron chi connectivity index (χ0n) is 8.08. The first-order valence-electron chi connectivity index (χ1n) is 4.28. The lowest BCUT2D eigenvalue weighted by Crippen LogP contribution is -2.17. The van der Waals surface area contributed by atoms with Crippen LogP contribution in [0.25, 0.3) is 0 Å². The molecule has 1 rings (SSSR count). The molecule has 0 unspecified atom stereocenters. The lowest BCUT2D eigenvalue weighted by atomic mass is 10.1. The summed E-state index contributed by atoms with van der Waals surface area (Å²) in [5.41, 5.74) is 3.95. The molecule has 0 bridgehead atoms. The normalized spacial score (nSPS) is 10.9. The number of nitrogens with zero attached hydrogens (tertiary/aromatic N) is 1. The van der Waals surface area contributed by atoms with E-state index >= 15 is 0 Å². The molecule has 1 aromatic rings. The molecule has 0 heterocycles. The number of rotatable bonds is 3. The highest BCUT2D eigenvalue weighted by Crippen LogP contribution is 2.02. The van der Waals surface area contributed by atoms with E-state index in [9.17, 15) is 4.79 Å². The topological polar surface area (TPSA) is 41.5 Å². The second kappa shape index (κ2) is 5.73. The molecule has 0 aliphatic rings. The second-order valence-corrected chi connectivity index (χ2v) is 4.08. The summed E-state index contributed by atoms with van der Waals surface area (Å²) < 4.78 is 0. The number of hydrogen-bond donors (Lipinski definition) is 1. The summed E-state index contributed by atoms with van der Waals surface area (Å²) in [4.78, 5) is 10.7. The second-order valence-electron chi connectivity index (χ2n) is 2.92. The number of carbonyl (C=O) groups excluding carboxylic acids is 1. The van der Waals surface area contributed by atoms with Crippen LogP contribution in [0.15, 0.2) is 29.4 Å². The third kappa shape index (κ3) is 4.32. The number of carbonyl (C=O) groups is 1. The van der Waals surface area contributed by atoms with Crippen LogP contribution in [-0.4, -0.2) is 17.0 Å². The maximum Gasteiger partial charge on any atom is 0.271 e. The minimum Gasteiger partial charge on any atom is -0.267 e. The van der Waals surface area contributed by atoms with Gasteiger partial charge in [-0.25, -0.2) is 5.43 Å². The number of nitrogens with one attached hydrogen (secondary N) is 1. The maximum atomic E-state index is 11.4. The molecule has 1 amide bonds. The molecular formula is C10H10Cl2N2O. The van der Waals surface area contributed by atoms with Crippen LogP contribution in [0.1, 0.15) is 15.9 Å². The van der Waals surface area contributed by atoms with Gasteiger partial charge in [0.05, 0.1) is 6.21 Å². The number of halogens is 2. The van der Waals surface area contributed by atoms with Gasteiger partial charge in [-0.05, 0) is 19.1 Å². The Morgan fingerprint density at radius 2 is 2.00 bits per heavy atom. The molecule has 0 atom stereocenters. The van der Waals surface area contributed by atoms with Crippen molar-refractivity contribution in [2.24, 2.45) is 5.10 Å². The van der Waals surface area contributed by atoms with Crippen molar-refractivity contribution in [1.29, 1.82) is 0 Å². The smallest absolute Gasteiger partial charge is 0.267 e. The highest BCUT2D eigenvalue weighted by Gasteiger charge is 2.02. The monoisotopic (exact) mass is 244 g/mol. The van der Waals surface area contributed by atoms with Crippen LogP contribution in [0, 0.1) is 6.92 Å². The molecule has 80 valence electrons. The Morgan fingerprint density at radius 1 is 1.40 bits per heavy atom.